The van der Waals surface area contributed by atoms with Crippen molar-refractivity contribution >= 4 is 18.2 Å². The molecule has 1 amide bonds. The Hall–Kier alpha value is -4.02. The number of hydrogen-bond acceptors (Lipinski definition) is 8. The molecule has 3 aromatic rings. The second kappa shape index (κ2) is 7.91. The van der Waals surface area contributed by atoms with Crippen LogP contribution in [0.3, 0.4) is 0 Å². The fourth-order valence-electron chi connectivity index (χ4n) is 2.15. The Labute approximate surface area is 152 Å². The third-order valence-corrected chi connectivity index (χ3v) is 3.27. The van der Waals surface area contributed by atoms with Crippen LogP contribution in [0.5, 0.6) is 0 Å². The number of hydrazone groups is 1. The maximum atomic E-state index is 11.3. The Bertz CT molecular complexity index is 978. The zero-order chi connectivity index (χ0) is 19.2. The van der Waals surface area contributed by atoms with E-state index in [1.54, 1.807) is 37.5 Å². The van der Waals surface area contributed by atoms with Crippen molar-refractivity contribution in [3.05, 3.63) is 58.4 Å². The van der Waals surface area contributed by atoms with Gasteiger partial charge in [-0.3, -0.25) is 10.1 Å². The molecule has 0 aliphatic carbocycles. The van der Waals surface area contributed by atoms with Crippen LogP contribution in [0.1, 0.15) is 12.5 Å². The largest absolute Gasteiger partial charge is 0.449 e. The van der Waals surface area contributed by atoms with Gasteiger partial charge in [-0.2, -0.15) is 10.2 Å². The molecule has 11 nitrogen and oxygen atoms in total. The van der Waals surface area contributed by atoms with E-state index in [1.165, 1.54) is 23.0 Å². The molecule has 0 aliphatic heterocycles. The Kier molecular flexibility index (Phi) is 5.21. The highest BCUT2D eigenvalue weighted by molar-refractivity contribution is 5.88. The summed E-state index contributed by atoms with van der Waals surface area (Å²) in [6.45, 7) is 1.88. The first-order valence-corrected chi connectivity index (χ1v) is 7.80. The van der Waals surface area contributed by atoms with Crippen molar-refractivity contribution < 1.29 is 18.9 Å². The summed E-state index contributed by atoms with van der Waals surface area (Å²) < 4.78 is 11.4. The molecule has 0 bridgehead atoms. The molecule has 0 aromatic carbocycles. The van der Waals surface area contributed by atoms with Crippen LogP contribution in [-0.2, 0) is 4.74 Å². The van der Waals surface area contributed by atoms with Crippen molar-refractivity contribution in [2.24, 2.45) is 5.10 Å². The van der Waals surface area contributed by atoms with E-state index in [4.69, 9.17) is 9.15 Å². The fraction of sp³-hybridized carbons (Fsp3) is 0.125. The highest BCUT2D eigenvalue weighted by Gasteiger charge is 2.19. The van der Waals surface area contributed by atoms with Gasteiger partial charge in [0, 0.05) is 18.0 Å². The van der Waals surface area contributed by atoms with Gasteiger partial charge in [-0.1, -0.05) is 6.07 Å². The van der Waals surface area contributed by atoms with Crippen molar-refractivity contribution in [1.29, 1.82) is 0 Å². The number of rotatable bonds is 6. The van der Waals surface area contributed by atoms with Gasteiger partial charge in [0.15, 0.2) is 11.6 Å². The van der Waals surface area contributed by atoms with Crippen LogP contribution in [0.25, 0.3) is 17.3 Å². The zero-order valence-corrected chi connectivity index (χ0v) is 14.1. The summed E-state index contributed by atoms with van der Waals surface area (Å²) in [4.78, 5) is 25.7. The molecule has 138 valence electrons. The van der Waals surface area contributed by atoms with Gasteiger partial charge in [-0.05, 0) is 25.1 Å². The molecule has 0 atom stereocenters. The number of carbonyl (C=O) groups excluding carboxylic acids is 1. The number of nitrogens with zero attached hydrogens (tertiary/aromatic N) is 5. The second-order valence-electron chi connectivity index (χ2n) is 5.05. The van der Waals surface area contributed by atoms with Crippen molar-refractivity contribution in [3.8, 4) is 17.3 Å². The van der Waals surface area contributed by atoms with Gasteiger partial charge in [0.05, 0.1) is 18.9 Å². The first-order valence-electron chi connectivity index (χ1n) is 7.80. The molecule has 3 rings (SSSR count). The van der Waals surface area contributed by atoms with Crippen molar-refractivity contribution in [3.63, 3.8) is 0 Å². The van der Waals surface area contributed by atoms with Crippen LogP contribution in [0, 0.1) is 10.1 Å². The molecule has 0 spiro atoms. The van der Waals surface area contributed by atoms with Crippen molar-refractivity contribution in [2.45, 2.75) is 6.92 Å². The third-order valence-electron chi connectivity index (χ3n) is 3.27. The van der Waals surface area contributed by atoms with E-state index >= 15 is 0 Å². The summed E-state index contributed by atoms with van der Waals surface area (Å²) in [7, 11) is 0. The lowest BCUT2D eigenvalue weighted by Gasteiger charge is -1.98. The standard InChI is InChI=1S/C16H14N6O5/c1-2-26-16(23)19-18-9-11-10-21(13-5-3-4-8-17-13)20-15(11)12-6-7-14(27-12)22(24)25/h3-10H,2H2,1H3,(H,19,23)/b18-9+. The molecule has 27 heavy (non-hydrogen) atoms. The lowest BCUT2D eigenvalue weighted by atomic mass is 10.2. The number of aromatic nitrogens is 3. The number of nitro groups is 1. The Morgan fingerprint density at radius 1 is 1.44 bits per heavy atom. The Morgan fingerprint density at radius 3 is 2.96 bits per heavy atom. The first-order chi connectivity index (χ1) is 13.1. The fourth-order valence-corrected chi connectivity index (χ4v) is 2.15. The number of carbonyl (C=O) groups is 1. The number of hydrogen-bond donors (Lipinski definition) is 1. The van der Waals surface area contributed by atoms with E-state index < -0.39 is 16.9 Å². The van der Waals surface area contributed by atoms with Crippen LogP contribution in [-0.4, -0.2) is 38.6 Å². The lowest BCUT2D eigenvalue weighted by molar-refractivity contribution is -0.401. The molecule has 0 fully saturated rings. The van der Waals surface area contributed by atoms with Gasteiger partial charge >= 0.3 is 12.0 Å². The van der Waals surface area contributed by atoms with Gasteiger partial charge in [-0.25, -0.2) is 19.9 Å². The van der Waals surface area contributed by atoms with Crippen LogP contribution in [0.15, 0.2) is 52.2 Å². The molecular weight excluding hydrogens is 356 g/mol. The van der Waals surface area contributed by atoms with Crippen LogP contribution in [0.2, 0.25) is 0 Å². The highest BCUT2D eigenvalue weighted by Crippen LogP contribution is 2.27. The van der Waals surface area contributed by atoms with E-state index in [2.05, 4.69) is 20.6 Å². The van der Waals surface area contributed by atoms with Crippen LogP contribution >= 0.6 is 0 Å². The molecular formula is C16H14N6O5. The molecule has 0 aliphatic rings. The summed E-state index contributed by atoms with van der Waals surface area (Å²) >= 11 is 0. The van der Waals surface area contributed by atoms with E-state index in [9.17, 15) is 14.9 Å². The van der Waals surface area contributed by atoms with Gasteiger partial charge in [0.25, 0.3) is 0 Å². The zero-order valence-electron chi connectivity index (χ0n) is 14.1. The minimum Gasteiger partial charge on any atom is -0.449 e. The lowest BCUT2D eigenvalue weighted by Crippen LogP contribution is -2.18. The summed E-state index contributed by atoms with van der Waals surface area (Å²) in [6.07, 6.45) is 3.82. The molecule has 1 N–H and O–H groups in total. The number of amides is 1. The second-order valence-corrected chi connectivity index (χ2v) is 5.05. The smallest absolute Gasteiger partial charge is 0.433 e. The molecule has 0 saturated carbocycles. The number of nitrogens with one attached hydrogen (secondary N) is 1. The third kappa shape index (κ3) is 4.15. The molecule has 3 heterocycles. The van der Waals surface area contributed by atoms with Crippen molar-refractivity contribution in [1.82, 2.24) is 20.2 Å². The molecule has 0 saturated heterocycles. The Morgan fingerprint density at radius 2 is 2.30 bits per heavy atom. The summed E-state index contributed by atoms with van der Waals surface area (Å²) in [5, 5.41) is 19.0. The van der Waals surface area contributed by atoms with Crippen molar-refractivity contribution in [2.75, 3.05) is 6.61 Å². The molecule has 0 radical (unpaired) electrons. The van der Waals surface area contributed by atoms with Gasteiger partial charge in [-0.15, -0.1) is 0 Å². The number of ether oxygens (including phenoxy) is 1. The molecule has 0 unspecified atom stereocenters. The predicted octanol–water partition coefficient (Wildman–Crippen LogP) is 2.52. The number of pyridine rings is 1. The number of furan rings is 1. The van der Waals surface area contributed by atoms with E-state index in [0.717, 1.165) is 0 Å². The van der Waals surface area contributed by atoms with E-state index in [1.807, 2.05) is 0 Å². The molecule has 11 heteroatoms. The average molecular weight is 370 g/mol. The topological polar surface area (TPSA) is 138 Å². The predicted molar refractivity (Wildman–Crippen MR) is 93.5 cm³/mol. The normalized spacial score (nSPS) is 10.9. The quantitative estimate of drug-likeness (QED) is 0.400. The summed E-state index contributed by atoms with van der Waals surface area (Å²) in [5.41, 5.74) is 2.94. The highest BCUT2D eigenvalue weighted by atomic mass is 16.6. The van der Waals surface area contributed by atoms with Crippen LogP contribution in [0.4, 0.5) is 10.7 Å². The maximum absolute atomic E-state index is 11.3. The van der Waals surface area contributed by atoms with Crippen LogP contribution < -0.4 is 5.43 Å². The summed E-state index contributed by atoms with van der Waals surface area (Å²) in [6, 6.07) is 7.94. The minimum absolute atomic E-state index is 0.175. The summed E-state index contributed by atoms with van der Waals surface area (Å²) in [5.74, 6) is 0.289. The molecule has 3 aromatic heterocycles. The maximum Gasteiger partial charge on any atom is 0.433 e. The Balaban J connectivity index is 1.96. The van der Waals surface area contributed by atoms with Gasteiger partial charge in [0.2, 0.25) is 0 Å². The van der Waals surface area contributed by atoms with Gasteiger partial charge < -0.3 is 9.15 Å². The minimum atomic E-state index is -0.707. The SMILES string of the molecule is CCOC(=O)N/N=C/c1cn(-c2ccccn2)nc1-c1ccc([N+](=O)[O-])o1. The average Bonchev–Trinajstić information content (AvgIpc) is 3.30. The monoisotopic (exact) mass is 370 g/mol. The van der Waals surface area contributed by atoms with E-state index in [0.29, 0.717) is 17.1 Å². The van der Waals surface area contributed by atoms with E-state index in [-0.39, 0.29) is 12.4 Å². The first kappa shape index (κ1) is 17.8. The van der Waals surface area contributed by atoms with Gasteiger partial charge in [0.1, 0.15) is 10.6 Å².